The van der Waals surface area contributed by atoms with Crippen molar-refractivity contribution in [3.8, 4) is 17.2 Å². The van der Waals surface area contributed by atoms with E-state index in [0.29, 0.717) is 11.5 Å². The number of primary sulfonamides is 1. The molecular formula is C16H16N2O6S. The van der Waals surface area contributed by atoms with Crippen molar-refractivity contribution in [2.75, 3.05) is 19.0 Å². The Morgan fingerprint density at radius 2 is 1.96 bits per heavy atom. The molecule has 0 fully saturated rings. The molecule has 0 saturated carbocycles. The van der Waals surface area contributed by atoms with Gasteiger partial charge in [-0.1, -0.05) is 12.1 Å². The van der Waals surface area contributed by atoms with Crippen LogP contribution in [0.1, 0.15) is 0 Å². The molecule has 3 N–H and O–H groups in total. The van der Waals surface area contributed by atoms with Crippen molar-refractivity contribution in [1.29, 1.82) is 0 Å². The van der Waals surface area contributed by atoms with Crippen molar-refractivity contribution < 1.29 is 27.4 Å². The summed E-state index contributed by atoms with van der Waals surface area (Å²) >= 11 is 0. The lowest BCUT2D eigenvalue weighted by atomic mass is 10.2. The number of rotatable bonds is 4. The summed E-state index contributed by atoms with van der Waals surface area (Å²) in [6.45, 7) is 0.0427. The van der Waals surface area contributed by atoms with Crippen LogP contribution in [0, 0.1) is 0 Å². The van der Waals surface area contributed by atoms with Gasteiger partial charge in [0, 0.05) is 5.69 Å². The predicted molar refractivity (Wildman–Crippen MR) is 89.3 cm³/mol. The Labute approximate surface area is 144 Å². The number of methoxy groups -OCH3 is 1. The van der Waals surface area contributed by atoms with Crippen LogP contribution >= 0.6 is 0 Å². The highest BCUT2D eigenvalue weighted by atomic mass is 32.2. The molecule has 0 aliphatic carbocycles. The molecule has 3 rings (SSSR count). The molecule has 2 aromatic rings. The Morgan fingerprint density at radius 1 is 1.24 bits per heavy atom. The summed E-state index contributed by atoms with van der Waals surface area (Å²) in [5.74, 6) is 0.646. The molecule has 132 valence electrons. The van der Waals surface area contributed by atoms with Crippen LogP contribution in [0.2, 0.25) is 0 Å². The second kappa shape index (κ2) is 6.61. The lowest BCUT2D eigenvalue weighted by Gasteiger charge is -2.25. The number of para-hydroxylation sites is 2. The highest BCUT2D eigenvalue weighted by molar-refractivity contribution is 7.89. The van der Waals surface area contributed by atoms with Gasteiger partial charge in [-0.05, 0) is 30.3 Å². The minimum Gasteiger partial charge on any atom is -0.495 e. The lowest BCUT2D eigenvalue weighted by molar-refractivity contribution is -0.125. The highest BCUT2D eigenvalue weighted by Gasteiger charge is 2.27. The average Bonchev–Trinajstić information content (AvgIpc) is 2.60. The molecule has 0 unspecified atom stereocenters. The first-order valence-electron chi connectivity index (χ1n) is 7.28. The monoisotopic (exact) mass is 364 g/mol. The van der Waals surface area contributed by atoms with Crippen LogP contribution in [-0.2, 0) is 14.8 Å². The molecule has 1 heterocycles. The molecule has 9 heteroatoms. The van der Waals surface area contributed by atoms with Gasteiger partial charge in [0.2, 0.25) is 16.1 Å². The van der Waals surface area contributed by atoms with E-state index in [1.54, 1.807) is 24.3 Å². The number of sulfonamides is 1. The number of hydrogen-bond acceptors (Lipinski definition) is 6. The molecule has 1 atom stereocenters. The minimum absolute atomic E-state index is 0.0427. The molecule has 1 aliphatic rings. The van der Waals surface area contributed by atoms with E-state index in [2.05, 4.69) is 5.32 Å². The Balaban J connectivity index is 1.78. The van der Waals surface area contributed by atoms with E-state index in [9.17, 15) is 13.2 Å². The van der Waals surface area contributed by atoms with E-state index >= 15 is 0 Å². The first-order chi connectivity index (χ1) is 11.9. The van der Waals surface area contributed by atoms with E-state index in [1.165, 1.54) is 25.3 Å². The van der Waals surface area contributed by atoms with Gasteiger partial charge < -0.3 is 19.5 Å². The van der Waals surface area contributed by atoms with Gasteiger partial charge in [-0.2, -0.15) is 0 Å². The second-order valence-corrected chi connectivity index (χ2v) is 6.79. The van der Waals surface area contributed by atoms with Crippen LogP contribution < -0.4 is 24.7 Å². The maximum atomic E-state index is 12.4. The third-order valence-corrected chi connectivity index (χ3v) is 4.47. The SMILES string of the molecule is COc1ccc(NC(=O)[C@H]2COc3ccccc3O2)cc1S(N)(=O)=O. The molecule has 0 saturated heterocycles. The Kier molecular flexibility index (Phi) is 4.51. The van der Waals surface area contributed by atoms with E-state index < -0.39 is 22.0 Å². The number of nitrogens with one attached hydrogen (secondary N) is 1. The highest BCUT2D eigenvalue weighted by Crippen LogP contribution is 2.31. The molecule has 0 radical (unpaired) electrons. The number of amides is 1. The standard InChI is InChI=1S/C16H16N2O6S/c1-22-13-7-6-10(8-15(13)25(17,20)21)18-16(19)14-9-23-11-4-2-3-5-12(11)24-14/h2-8,14H,9H2,1H3,(H,18,19)(H2,17,20,21)/t14-/m1/s1. The van der Waals surface area contributed by atoms with Gasteiger partial charge in [0.15, 0.2) is 11.5 Å². The number of benzene rings is 2. The molecule has 8 nitrogen and oxygen atoms in total. The fraction of sp³-hybridized carbons (Fsp3) is 0.188. The number of fused-ring (bicyclic) bond motifs is 1. The molecule has 25 heavy (non-hydrogen) atoms. The maximum absolute atomic E-state index is 12.4. The van der Waals surface area contributed by atoms with Crippen molar-refractivity contribution in [1.82, 2.24) is 0 Å². The van der Waals surface area contributed by atoms with Crippen LogP contribution in [0.4, 0.5) is 5.69 Å². The van der Waals surface area contributed by atoms with Crippen molar-refractivity contribution in [3.63, 3.8) is 0 Å². The third kappa shape index (κ3) is 3.67. The van der Waals surface area contributed by atoms with Crippen molar-refractivity contribution in [2.24, 2.45) is 5.14 Å². The largest absolute Gasteiger partial charge is 0.495 e. The summed E-state index contributed by atoms with van der Waals surface area (Å²) in [5, 5.41) is 7.75. The van der Waals surface area contributed by atoms with Crippen molar-refractivity contribution in [2.45, 2.75) is 11.0 Å². The van der Waals surface area contributed by atoms with Crippen LogP contribution in [-0.4, -0.2) is 34.1 Å². The van der Waals surface area contributed by atoms with Gasteiger partial charge >= 0.3 is 0 Å². The van der Waals surface area contributed by atoms with E-state index in [0.717, 1.165) is 0 Å². The van der Waals surface area contributed by atoms with Gasteiger partial charge in [-0.15, -0.1) is 0 Å². The molecule has 2 aromatic carbocycles. The van der Waals surface area contributed by atoms with E-state index in [1.807, 2.05) is 0 Å². The number of nitrogens with two attached hydrogens (primary N) is 1. The summed E-state index contributed by atoms with van der Waals surface area (Å²) in [4.78, 5) is 12.1. The average molecular weight is 364 g/mol. The topological polar surface area (TPSA) is 117 Å². The summed E-state index contributed by atoms with van der Waals surface area (Å²) in [7, 11) is -2.67. The second-order valence-electron chi connectivity index (χ2n) is 5.26. The minimum atomic E-state index is -4.00. The predicted octanol–water partition coefficient (Wildman–Crippen LogP) is 1.12. The first kappa shape index (κ1) is 17.1. The Bertz CT molecular complexity index is 913. The molecular weight excluding hydrogens is 348 g/mol. The fourth-order valence-corrected chi connectivity index (χ4v) is 3.07. The number of carbonyl (C=O) groups excluding carboxylic acids is 1. The molecule has 0 aromatic heterocycles. The van der Waals surface area contributed by atoms with Crippen LogP contribution in [0.25, 0.3) is 0 Å². The number of hydrogen-bond donors (Lipinski definition) is 2. The zero-order valence-electron chi connectivity index (χ0n) is 13.3. The summed E-state index contributed by atoms with van der Waals surface area (Å²) < 4.78 is 39.3. The van der Waals surface area contributed by atoms with Gasteiger partial charge in [0.25, 0.3) is 5.91 Å². The first-order valence-corrected chi connectivity index (χ1v) is 8.83. The molecule has 1 amide bonds. The third-order valence-electron chi connectivity index (χ3n) is 3.54. The Morgan fingerprint density at radius 3 is 2.64 bits per heavy atom. The number of carbonyl (C=O) groups is 1. The number of anilines is 1. The maximum Gasteiger partial charge on any atom is 0.269 e. The molecule has 1 aliphatic heterocycles. The molecule has 0 bridgehead atoms. The van der Waals surface area contributed by atoms with Gasteiger partial charge in [-0.3, -0.25) is 4.79 Å². The summed E-state index contributed by atoms with van der Waals surface area (Å²) in [5.41, 5.74) is 0.247. The summed E-state index contributed by atoms with van der Waals surface area (Å²) in [6.07, 6.45) is -0.866. The van der Waals surface area contributed by atoms with E-state index in [-0.39, 0.29) is 22.9 Å². The van der Waals surface area contributed by atoms with Crippen LogP contribution in [0.15, 0.2) is 47.4 Å². The zero-order valence-corrected chi connectivity index (χ0v) is 14.1. The Hall–Kier alpha value is -2.78. The summed E-state index contributed by atoms with van der Waals surface area (Å²) in [6, 6.07) is 11.1. The van der Waals surface area contributed by atoms with Crippen LogP contribution in [0.3, 0.4) is 0 Å². The lowest BCUT2D eigenvalue weighted by Crippen LogP contribution is -2.40. The van der Waals surface area contributed by atoms with Gasteiger partial charge in [-0.25, -0.2) is 13.6 Å². The zero-order chi connectivity index (χ0) is 18.0. The molecule has 0 spiro atoms. The van der Waals surface area contributed by atoms with Crippen LogP contribution in [0.5, 0.6) is 17.2 Å². The smallest absolute Gasteiger partial charge is 0.269 e. The quantitative estimate of drug-likeness (QED) is 0.840. The van der Waals surface area contributed by atoms with Gasteiger partial charge in [0.1, 0.15) is 17.3 Å². The normalized spacial score (nSPS) is 16.2. The fourth-order valence-electron chi connectivity index (χ4n) is 2.35. The van der Waals surface area contributed by atoms with Crippen molar-refractivity contribution >= 4 is 21.6 Å². The van der Waals surface area contributed by atoms with E-state index in [4.69, 9.17) is 19.3 Å². The number of ether oxygens (including phenoxy) is 3. The van der Waals surface area contributed by atoms with Gasteiger partial charge in [0.05, 0.1) is 7.11 Å². The van der Waals surface area contributed by atoms with Crippen molar-refractivity contribution in [3.05, 3.63) is 42.5 Å².